The zero-order chi connectivity index (χ0) is 13.5. The van der Waals surface area contributed by atoms with Crippen LogP contribution >= 0.6 is 0 Å². The van der Waals surface area contributed by atoms with E-state index in [1.165, 1.54) is 29.5 Å². The third-order valence-electron chi connectivity index (χ3n) is 4.63. The van der Waals surface area contributed by atoms with Crippen molar-refractivity contribution in [1.82, 2.24) is 0 Å². The SMILES string of the molecule is COc1ccc(C2(CC(=O)O)CC2)c2c1CCCC2. The number of carbonyl (C=O) groups is 1. The van der Waals surface area contributed by atoms with Crippen LogP contribution in [0, 0.1) is 0 Å². The lowest BCUT2D eigenvalue weighted by molar-refractivity contribution is -0.137. The molecule has 1 N–H and O–H groups in total. The first-order valence-electron chi connectivity index (χ1n) is 7.07. The van der Waals surface area contributed by atoms with E-state index in [1.807, 2.05) is 6.07 Å². The van der Waals surface area contributed by atoms with E-state index in [2.05, 4.69) is 6.07 Å². The minimum Gasteiger partial charge on any atom is -0.496 e. The van der Waals surface area contributed by atoms with Crippen LogP contribution in [0.2, 0.25) is 0 Å². The van der Waals surface area contributed by atoms with Crippen LogP contribution in [0.25, 0.3) is 0 Å². The van der Waals surface area contributed by atoms with Gasteiger partial charge in [-0.05, 0) is 61.3 Å². The molecule has 0 amide bonds. The Morgan fingerprint density at radius 2 is 1.95 bits per heavy atom. The molecule has 3 heteroatoms. The number of rotatable bonds is 4. The standard InChI is InChI=1S/C16H20O3/c1-19-14-7-6-13(11-4-2-3-5-12(11)14)16(8-9-16)10-15(17)18/h6-7H,2-5,8-10H2,1H3,(H,17,18). The highest BCUT2D eigenvalue weighted by Gasteiger charge is 2.47. The molecule has 0 spiro atoms. The van der Waals surface area contributed by atoms with Crippen molar-refractivity contribution in [2.75, 3.05) is 7.11 Å². The Morgan fingerprint density at radius 1 is 1.26 bits per heavy atom. The molecular formula is C16H20O3. The smallest absolute Gasteiger partial charge is 0.304 e. The lowest BCUT2D eigenvalue weighted by atomic mass is 9.80. The third kappa shape index (κ3) is 2.11. The predicted octanol–water partition coefficient (Wildman–Crippen LogP) is 3.08. The van der Waals surface area contributed by atoms with Gasteiger partial charge in [0.15, 0.2) is 0 Å². The van der Waals surface area contributed by atoms with Gasteiger partial charge < -0.3 is 9.84 Å². The minimum atomic E-state index is -0.683. The second-order valence-corrected chi connectivity index (χ2v) is 5.83. The molecule has 0 aromatic heterocycles. The predicted molar refractivity (Wildman–Crippen MR) is 72.8 cm³/mol. The number of fused-ring (bicyclic) bond motifs is 1. The van der Waals surface area contributed by atoms with Gasteiger partial charge in [-0.25, -0.2) is 0 Å². The van der Waals surface area contributed by atoms with Gasteiger partial charge in [-0.2, -0.15) is 0 Å². The summed E-state index contributed by atoms with van der Waals surface area (Å²) in [4.78, 5) is 11.1. The van der Waals surface area contributed by atoms with E-state index in [0.717, 1.165) is 31.4 Å². The summed E-state index contributed by atoms with van der Waals surface area (Å²) in [5, 5.41) is 9.13. The Bertz CT molecular complexity index is 515. The number of carboxylic acid groups (broad SMARTS) is 1. The van der Waals surface area contributed by atoms with Crippen molar-refractivity contribution in [2.45, 2.75) is 50.4 Å². The second kappa shape index (κ2) is 4.55. The molecular weight excluding hydrogens is 240 g/mol. The van der Waals surface area contributed by atoms with Gasteiger partial charge in [-0.1, -0.05) is 6.07 Å². The molecule has 19 heavy (non-hydrogen) atoms. The van der Waals surface area contributed by atoms with Crippen LogP contribution in [-0.4, -0.2) is 18.2 Å². The fourth-order valence-electron chi connectivity index (χ4n) is 3.50. The van der Waals surface area contributed by atoms with Crippen molar-refractivity contribution < 1.29 is 14.6 Å². The summed E-state index contributed by atoms with van der Waals surface area (Å²) in [6.07, 6.45) is 6.84. The number of benzene rings is 1. The summed E-state index contributed by atoms with van der Waals surface area (Å²) in [7, 11) is 1.72. The molecule has 0 unspecified atom stereocenters. The molecule has 0 heterocycles. The van der Waals surface area contributed by atoms with Gasteiger partial charge in [0.25, 0.3) is 0 Å². The fourth-order valence-corrected chi connectivity index (χ4v) is 3.50. The van der Waals surface area contributed by atoms with Crippen molar-refractivity contribution in [3.63, 3.8) is 0 Å². The summed E-state index contributed by atoms with van der Waals surface area (Å²) >= 11 is 0. The van der Waals surface area contributed by atoms with Crippen molar-refractivity contribution in [3.8, 4) is 5.75 Å². The number of hydrogen-bond acceptors (Lipinski definition) is 2. The van der Waals surface area contributed by atoms with Crippen molar-refractivity contribution in [2.24, 2.45) is 0 Å². The largest absolute Gasteiger partial charge is 0.496 e. The monoisotopic (exact) mass is 260 g/mol. The average molecular weight is 260 g/mol. The normalized spacial score (nSPS) is 19.6. The molecule has 0 saturated heterocycles. The highest BCUT2D eigenvalue weighted by molar-refractivity contribution is 5.70. The molecule has 1 saturated carbocycles. The molecule has 2 aliphatic rings. The van der Waals surface area contributed by atoms with Gasteiger partial charge in [0.2, 0.25) is 0 Å². The van der Waals surface area contributed by atoms with Crippen LogP contribution in [0.1, 0.15) is 48.8 Å². The van der Waals surface area contributed by atoms with Crippen molar-refractivity contribution in [3.05, 3.63) is 28.8 Å². The Kier molecular flexibility index (Phi) is 3.00. The van der Waals surface area contributed by atoms with E-state index in [9.17, 15) is 4.79 Å². The molecule has 0 aliphatic heterocycles. The van der Waals surface area contributed by atoms with Crippen LogP contribution in [0.4, 0.5) is 0 Å². The van der Waals surface area contributed by atoms with E-state index in [0.29, 0.717) is 0 Å². The van der Waals surface area contributed by atoms with E-state index in [4.69, 9.17) is 9.84 Å². The summed E-state index contributed by atoms with van der Waals surface area (Å²) in [6, 6.07) is 4.14. The first-order chi connectivity index (χ1) is 9.16. The molecule has 2 aliphatic carbocycles. The van der Waals surface area contributed by atoms with E-state index in [1.54, 1.807) is 7.11 Å². The Labute approximate surface area is 113 Å². The summed E-state index contributed by atoms with van der Waals surface area (Å²) < 4.78 is 5.47. The van der Waals surface area contributed by atoms with Gasteiger partial charge in [0, 0.05) is 5.41 Å². The summed E-state index contributed by atoms with van der Waals surface area (Å²) in [6.45, 7) is 0. The lowest BCUT2D eigenvalue weighted by Gasteiger charge is -2.25. The van der Waals surface area contributed by atoms with Gasteiger partial charge >= 0.3 is 5.97 Å². The molecule has 1 fully saturated rings. The zero-order valence-corrected chi connectivity index (χ0v) is 11.4. The van der Waals surface area contributed by atoms with Gasteiger partial charge in [0.05, 0.1) is 13.5 Å². The van der Waals surface area contributed by atoms with Crippen LogP contribution in [-0.2, 0) is 23.1 Å². The number of hydrogen-bond donors (Lipinski definition) is 1. The first-order valence-corrected chi connectivity index (χ1v) is 7.07. The number of carboxylic acids is 1. The Hall–Kier alpha value is -1.51. The van der Waals surface area contributed by atoms with E-state index in [-0.39, 0.29) is 11.8 Å². The van der Waals surface area contributed by atoms with Crippen LogP contribution < -0.4 is 4.74 Å². The fraction of sp³-hybridized carbons (Fsp3) is 0.562. The molecule has 1 aromatic carbocycles. The lowest BCUT2D eigenvalue weighted by Crippen LogP contribution is -2.18. The molecule has 3 rings (SSSR count). The maximum atomic E-state index is 11.1. The molecule has 0 atom stereocenters. The highest BCUT2D eigenvalue weighted by Crippen LogP contribution is 2.53. The Balaban J connectivity index is 2.05. The minimum absolute atomic E-state index is 0.0838. The maximum absolute atomic E-state index is 11.1. The van der Waals surface area contributed by atoms with E-state index >= 15 is 0 Å². The van der Waals surface area contributed by atoms with Gasteiger partial charge in [-0.3, -0.25) is 4.79 Å². The molecule has 102 valence electrons. The molecule has 1 aromatic rings. The number of aliphatic carboxylic acids is 1. The van der Waals surface area contributed by atoms with Crippen molar-refractivity contribution >= 4 is 5.97 Å². The number of methoxy groups -OCH3 is 1. The van der Waals surface area contributed by atoms with Gasteiger partial charge in [0.1, 0.15) is 5.75 Å². The average Bonchev–Trinajstić information content (AvgIpc) is 3.17. The van der Waals surface area contributed by atoms with Crippen molar-refractivity contribution in [1.29, 1.82) is 0 Å². The van der Waals surface area contributed by atoms with Crippen LogP contribution in [0.3, 0.4) is 0 Å². The third-order valence-corrected chi connectivity index (χ3v) is 4.63. The number of ether oxygens (including phenoxy) is 1. The summed E-state index contributed by atoms with van der Waals surface area (Å²) in [5.74, 6) is 0.294. The first kappa shape index (κ1) is 12.5. The Morgan fingerprint density at radius 3 is 2.53 bits per heavy atom. The topological polar surface area (TPSA) is 46.5 Å². The molecule has 0 radical (unpaired) electrons. The maximum Gasteiger partial charge on any atom is 0.304 e. The van der Waals surface area contributed by atoms with E-state index < -0.39 is 5.97 Å². The van der Waals surface area contributed by atoms with Crippen LogP contribution in [0.15, 0.2) is 12.1 Å². The second-order valence-electron chi connectivity index (χ2n) is 5.83. The van der Waals surface area contributed by atoms with Crippen LogP contribution in [0.5, 0.6) is 5.75 Å². The molecule has 0 bridgehead atoms. The highest BCUT2D eigenvalue weighted by atomic mass is 16.5. The summed E-state index contributed by atoms with van der Waals surface area (Å²) in [5.41, 5.74) is 3.90. The quantitative estimate of drug-likeness (QED) is 0.905. The van der Waals surface area contributed by atoms with Gasteiger partial charge in [-0.15, -0.1) is 0 Å². The zero-order valence-electron chi connectivity index (χ0n) is 11.4. The molecule has 3 nitrogen and oxygen atoms in total.